The average molecular weight is 375 g/mol. The number of alkyl carbamates (subject to hydrolysis) is 1. The Morgan fingerprint density at radius 3 is 2.21 bits per heavy atom. The van der Waals surface area contributed by atoms with Crippen molar-refractivity contribution in [1.82, 2.24) is 10.6 Å². The number of ether oxygens (including phenoxy) is 1. The van der Waals surface area contributed by atoms with Gasteiger partial charge in [-0.25, -0.2) is 4.79 Å². The highest BCUT2D eigenvalue weighted by Gasteiger charge is 2.43. The molecule has 0 atom stereocenters. The molecule has 0 heterocycles. The second-order valence-corrected chi connectivity index (χ2v) is 7.35. The van der Waals surface area contributed by atoms with Crippen LogP contribution in [0.25, 0.3) is 11.1 Å². The van der Waals surface area contributed by atoms with Crippen LogP contribution in [0.5, 0.6) is 0 Å². The van der Waals surface area contributed by atoms with E-state index in [-0.39, 0.29) is 25.0 Å². The molecule has 0 saturated heterocycles. The average Bonchev–Trinajstić information content (AvgIpc) is 3.45. The summed E-state index contributed by atoms with van der Waals surface area (Å²) in [7, 11) is 0. The van der Waals surface area contributed by atoms with Gasteiger partial charge in [0, 0.05) is 12.5 Å². The van der Waals surface area contributed by atoms with Gasteiger partial charge in [-0.05, 0) is 35.1 Å². The maximum absolute atomic E-state index is 12.0. The molecule has 0 aromatic heterocycles. The van der Waals surface area contributed by atoms with Gasteiger partial charge in [-0.1, -0.05) is 48.5 Å². The van der Waals surface area contributed by atoms with E-state index in [4.69, 9.17) is 10.00 Å². The van der Waals surface area contributed by atoms with Gasteiger partial charge in [-0.15, -0.1) is 0 Å². The van der Waals surface area contributed by atoms with E-state index in [1.165, 1.54) is 0 Å². The molecule has 2 aromatic rings. The number of hydrogen-bond acceptors (Lipinski definition) is 4. The largest absolute Gasteiger partial charge is 0.449 e. The Kier molecular flexibility index (Phi) is 4.74. The number of amides is 2. The quantitative estimate of drug-likeness (QED) is 0.812. The first-order valence-corrected chi connectivity index (χ1v) is 9.39. The predicted molar refractivity (Wildman–Crippen MR) is 103 cm³/mol. The second-order valence-electron chi connectivity index (χ2n) is 7.35. The van der Waals surface area contributed by atoms with Crippen molar-refractivity contribution in [3.8, 4) is 17.2 Å². The maximum atomic E-state index is 12.0. The van der Waals surface area contributed by atoms with Gasteiger partial charge in [0.05, 0.1) is 18.0 Å². The molecule has 2 N–H and O–H groups in total. The zero-order chi connectivity index (χ0) is 19.6. The molecular formula is C22H21N3O3. The zero-order valence-corrected chi connectivity index (χ0v) is 15.4. The molecule has 6 heteroatoms. The summed E-state index contributed by atoms with van der Waals surface area (Å²) in [6.45, 7) is 0.367. The summed E-state index contributed by atoms with van der Waals surface area (Å²) in [4.78, 5) is 23.9. The van der Waals surface area contributed by atoms with Crippen LogP contribution >= 0.6 is 0 Å². The molecule has 2 aromatic carbocycles. The minimum absolute atomic E-state index is 0.0164. The number of fused-ring (bicyclic) bond motifs is 3. The van der Waals surface area contributed by atoms with E-state index in [1.54, 1.807) is 0 Å². The fourth-order valence-electron chi connectivity index (χ4n) is 3.61. The molecule has 2 aliphatic rings. The lowest BCUT2D eigenvalue weighted by Crippen LogP contribution is -2.39. The smallest absolute Gasteiger partial charge is 0.407 e. The fourth-order valence-corrected chi connectivity index (χ4v) is 3.61. The Bertz CT molecular complexity index is 914. The minimum Gasteiger partial charge on any atom is -0.449 e. The van der Waals surface area contributed by atoms with Crippen LogP contribution in [-0.2, 0) is 9.53 Å². The van der Waals surface area contributed by atoms with Crippen LogP contribution in [0.2, 0.25) is 0 Å². The van der Waals surface area contributed by atoms with Crippen molar-refractivity contribution in [3.63, 3.8) is 0 Å². The standard InChI is InChI=1S/C22H21N3O3/c23-13-22(9-10-22)14-25-20(26)11-24-21(27)28-12-19-17-7-3-1-5-15(17)16-6-2-4-8-18(16)19/h1-8,19H,9-12,14H2,(H,24,27)(H,25,26). The molecule has 0 unspecified atom stereocenters. The van der Waals surface area contributed by atoms with Crippen molar-refractivity contribution >= 4 is 12.0 Å². The Labute approximate surface area is 163 Å². The summed E-state index contributed by atoms with van der Waals surface area (Å²) < 4.78 is 5.39. The molecule has 2 amide bonds. The van der Waals surface area contributed by atoms with Crippen molar-refractivity contribution < 1.29 is 14.3 Å². The first kappa shape index (κ1) is 18.1. The van der Waals surface area contributed by atoms with Crippen LogP contribution in [-0.4, -0.2) is 31.7 Å². The minimum atomic E-state index is -0.626. The lowest BCUT2D eigenvalue weighted by atomic mass is 9.98. The van der Waals surface area contributed by atoms with Crippen LogP contribution in [0.1, 0.15) is 29.9 Å². The first-order valence-electron chi connectivity index (χ1n) is 9.39. The molecule has 0 radical (unpaired) electrons. The number of nitriles is 1. The Hall–Kier alpha value is -3.33. The summed E-state index contributed by atoms with van der Waals surface area (Å²) in [6.07, 6.45) is 0.992. The number of rotatable bonds is 6. The molecule has 1 fully saturated rings. The molecule has 0 aliphatic heterocycles. The monoisotopic (exact) mass is 375 g/mol. The van der Waals surface area contributed by atoms with Crippen molar-refractivity contribution in [3.05, 3.63) is 59.7 Å². The van der Waals surface area contributed by atoms with Crippen LogP contribution < -0.4 is 10.6 Å². The van der Waals surface area contributed by atoms with Gasteiger partial charge >= 0.3 is 6.09 Å². The highest BCUT2D eigenvalue weighted by molar-refractivity contribution is 5.82. The molecule has 0 spiro atoms. The summed E-state index contributed by atoms with van der Waals surface area (Å²) in [6, 6.07) is 18.4. The third kappa shape index (κ3) is 3.56. The number of benzene rings is 2. The molecule has 2 aliphatic carbocycles. The van der Waals surface area contributed by atoms with Crippen LogP contribution in [0.3, 0.4) is 0 Å². The summed E-state index contributed by atoms with van der Waals surface area (Å²) in [5.41, 5.74) is 4.20. The van der Waals surface area contributed by atoms with Gasteiger partial charge < -0.3 is 15.4 Å². The van der Waals surface area contributed by atoms with Gasteiger partial charge in [0.2, 0.25) is 5.91 Å². The predicted octanol–water partition coefficient (Wildman–Crippen LogP) is 2.95. The number of hydrogen-bond donors (Lipinski definition) is 2. The van der Waals surface area contributed by atoms with Gasteiger partial charge in [-0.3, -0.25) is 4.79 Å². The normalized spacial score (nSPS) is 15.7. The summed E-state index contributed by atoms with van der Waals surface area (Å²) in [5, 5.41) is 14.2. The van der Waals surface area contributed by atoms with E-state index in [0.717, 1.165) is 35.1 Å². The van der Waals surface area contributed by atoms with Crippen LogP contribution in [0, 0.1) is 16.7 Å². The van der Waals surface area contributed by atoms with E-state index in [0.29, 0.717) is 6.54 Å². The topological polar surface area (TPSA) is 91.2 Å². The molecule has 28 heavy (non-hydrogen) atoms. The number of carbonyl (C=O) groups is 2. The molecule has 0 bridgehead atoms. The van der Waals surface area contributed by atoms with E-state index in [2.05, 4.69) is 41.0 Å². The summed E-state index contributed by atoms with van der Waals surface area (Å²) >= 11 is 0. The third-order valence-electron chi connectivity index (χ3n) is 5.45. The molecule has 6 nitrogen and oxygen atoms in total. The van der Waals surface area contributed by atoms with Gasteiger partial charge in [0.25, 0.3) is 0 Å². The maximum Gasteiger partial charge on any atom is 0.407 e. The van der Waals surface area contributed by atoms with Gasteiger partial charge in [0.15, 0.2) is 0 Å². The van der Waals surface area contributed by atoms with Crippen molar-refractivity contribution in [2.45, 2.75) is 18.8 Å². The van der Waals surface area contributed by atoms with E-state index in [1.807, 2.05) is 24.3 Å². The van der Waals surface area contributed by atoms with Crippen molar-refractivity contribution in [1.29, 1.82) is 5.26 Å². The number of nitrogens with zero attached hydrogens (tertiary/aromatic N) is 1. The molecular weight excluding hydrogens is 354 g/mol. The lowest BCUT2D eigenvalue weighted by Gasteiger charge is -2.14. The first-order chi connectivity index (χ1) is 13.6. The third-order valence-corrected chi connectivity index (χ3v) is 5.45. The zero-order valence-electron chi connectivity index (χ0n) is 15.4. The van der Waals surface area contributed by atoms with Gasteiger partial charge in [-0.2, -0.15) is 5.26 Å². The highest BCUT2D eigenvalue weighted by Crippen LogP contribution is 2.45. The summed E-state index contributed by atoms with van der Waals surface area (Å²) in [5.74, 6) is -0.340. The van der Waals surface area contributed by atoms with Gasteiger partial charge in [0.1, 0.15) is 6.61 Å². The Morgan fingerprint density at radius 1 is 1.04 bits per heavy atom. The molecule has 142 valence electrons. The number of nitrogens with one attached hydrogen (secondary N) is 2. The van der Waals surface area contributed by atoms with E-state index >= 15 is 0 Å². The second kappa shape index (κ2) is 7.35. The van der Waals surface area contributed by atoms with Crippen molar-refractivity contribution in [2.75, 3.05) is 19.7 Å². The van der Waals surface area contributed by atoms with E-state index < -0.39 is 11.5 Å². The Morgan fingerprint density at radius 2 is 1.64 bits per heavy atom. The Balaban J connectivity index is 1.29. The van der Waals surface area contributed by atoms with Crippen LogP contribution in [0.15, 0.2) is 48.5 Å². The lowest BCUT2D eigenvalue weighted by molar-refractivity contribution is -0.120. The van der Waals surface area contributed by atoms with Crippen LogP contribution in [0.4, 0.5) is 4.79 Å². The molecule has 1 saturated carbocycles. The SMILES string of the molecule is N#CC1(CNC(=O)CNC(=O)OCC2c3ccccc3-c3ccccc32)CC1. The van der Waals surface area contributed by atoms with E-state index in [9.17, 15) is 9.59 Å². The molecule has 4 rings (SSSR count). The highest BCUT2D eigenvalue weighted by atomic mass is 16.5. The number of carbonyl (C=O) groups excluding carboxylic acids is 2. The van der Waals surface area contributed by atoms with Crippen molar-refractivity contribution in [2.24, 2.45) is 5.41 Å². The fraction of sp³-hybridized carbons (Fsp3) is 0.318.